The average molecular weight is 381 g/mol. The highest BCUT2D eigenvalue weighted by Gasteiger charge is 2.41. The van der Waals surface area contributed by atoms with E-state index in [-0.39, 0.29) is 0 Å². The van der Waals surface area contributed by atoms with E-state index in [2.05, 4.69) is 59.0 Å². The first-order valence-electron chi connectivity index (χ1n) is 11.2. The molecule has 2 aliphatic rings. The lowest BCUT2D eigenvalue weighted by Crippen LogP contribution is -2.45. The van der Waals surface area contributed by atoms with Crippen LogP contribution < -0.4 is 0 Å². The number of aromatic nitrogens is 2. The molecule has 4 rings (SSSR count). The van der Waals surface area contributed by atoms with E-state index in [0.29, 0.717) is 5.41 Å². The van der Waals surface area contributed by atoms with Crippen LogP contribution in [0.3, 0.4) is 0 Å². The summed E-state index contributed by atoms with van der Waals surface area (Å²) in [6, 6.07) is 10.9. The van der Waals surface area contributed by atoms with E-state index in [1.165, 1.54) is 81.8 Å². The van der Waals surface area contributed by atoms with Crippen LogP contribution in [-0.4, -0.2) is 52.5 Å². The van der Waals surface area contributed by atoms with Crippen molar-refractivity contribution in [1.82, 2.24) is 19.8 Å². The molecule has 0 aliphatic carbocycles. The Morgan fingerprint density at radius 2 is 1.89 bits per heavy atom. The number of H-pyrrole nitrogens is 1. The van der Waals surface area contributed by atoms with Gasteiger partial charge in [-0.15, -0.1) is 0 Å². The van der Waals surface area contributed by atoms with Gasteiger partial charge in [0.05, 0.1) is 5.69 Å². The molecule has 2 aromatic rings. The van der Waals surface area contributed by atoms with Gasteiger partial charge < -0.3 is 9.88 Å². The number of nitrogens with one attached hydrogen (secondary N) is 1. The first-order chi connectivity index (χ1) is 13.7. The van der Waals surface area contributed by atoms with Crippen molar-refractivity contribution in [2.75, 3.05) is 32.7 Å². The van der Waals surface area contributed by atoms with Crippen molar-refractivity contribution in [3.05, 3.63) is 53.1 Å². The van der Waals surface area contributed by atoms with E-state index in [4.69, 9.17) is 4.98 Å². The van der Waals surface area contributed by atoms with E-state index < -0.39 is 0 Å². The summed E-state index contributed by atoms with van der Waals surface area (Å²) in [6.07, 6.45) is 7.58. The summed E-state index contributed by atoms with van der Waals surface area (Å²) < 4.78 is 0. The molecule has 0 saturated carbocycles. The fraction of sp³-hybridized carbons (Fsp3) is 0.625. The van der Waals surface area contributed by atoms with Crippen LogP contribution in [0.4, 0.5) is 0 Å². The zero-order valence-corrected chi connectivity index (χ0v) is 17.7. The smallest absolute Gasteiger partial charge is 0.106 e. The standard InChI is InChI=1S/C24H36N4/c1-3-23-25-20(2)22(26-23)17-28-16-13-24(19-28)12-8-15-27(18-24)14-7-11-21-9-5-4-6-10-21/h4-6,9-10H,3,7-8,11-19H2,1-2H3,(H,25,26). The van der Waals surface area contributed by atoms with E-state index in [1.54, 1.807) is 0 Å². The largest absolute Gasteiger partial charge is 0.346 e. The summed E-state index contributed by atoms with van der Waals surface area (Å²) in [4.78, 5) is 13.6. The molecule has 28 heavy (non-hydrogen) atoms. The summed E-state index contributed by atoms with van der Waals surface area (Å²) in [6.45, 7) is 11.6. The van der Waals surface area contributed by atoms with Crippen molar-refractivity contribution < 1.29 is 0 Å². The molecule has 4 heteroatoms. The van der Waals surface area contributed by atoms with Gasteiger partial charge in [-0.1, -0.05) is 37.3 Å². The van der Waals surface area contributed by atoms with Gasteiger partial charge in [0.2, 0.25) is 0 Å². The number of likely N-dealkylation sites (tertiary alicyclic amines) is 2. The SMILES string of the molecule is CCc1nc(CN2CCC3(CCCN(CCCc4ccccc4)C3)C2)c(C)[nH]1. The van der Waals surface area contributed by atoms with Gasteiger partial charge in [-0.3, -0.25) is 4.90 Å². The van der Waals surface area contributed by atoms with Gasteiger partial charge in [0.15, 0.2) is 0 Å². The molecule has 1 aromatic carbocycles. The van der Waals surface area contributed by atoms with Gasteiger partial charge in [0, 0.05) is 31.7 Å². The van der Waals surface area contributed by atoms with Crippen LogP contribution in [0.2, 0.25) is 0 Å². The predicted octanol–water partition coefficient (Wildman–Crippen LogP) is 4.20. The van der Waals surface area contributed by atoms with Crippen LogP contribution in [0.1, 0.15) is 55.4 Å². The molecule has 1 aromatic heterocycles. The molecule has 4 nitrogen and oxygen atoms in total. The van der Waals surface area contributed by atoms with Crippen LogP contribution in [0.25, 0.3) is 0 Å². The second-order valence-electron chi connectivity index (χ2n) is 9.04. The summed E-state index contributed by atoms with van der Waals surface area (Å²) in [5, 5.41) is 0. The second-order valence-corrected chi connectivity index (χ2v) is 9.04. The fourth-order valence-electron chi connectivity index (χ4n) is 5.24. The van der Waals surface area contributed by atoms with E-state index in [9.17, 15) is 0 Å². The van der Waals surface area contributed by atoms with Gasteiger partial charge >= 0.3 is 0 Å². The number of imidazole rings is 1. The minimum absolute atomic E-state index is 0.517. The third-order valence-electron chi connectivity index (χ3n) is 6.78. The van der Waals surface area contributed by atoms with Crippen molar-refractivity contribution in [2.24, 2.45) is 5.41 Å². The highest BCUT2D eigenvalue weighted by molar-refractivity contribution is 5.15. The van der Waals surface area contributed by atoms with Crippen LogP contribution in [0.15, 0.2) is 30.3 Å². The first kappa shape index (κ1) is 19.7. The molecule has 1 spiro atoms. The maximum Gasteiger partial charge on any atom is 0.106 e. The zero-order valence-electron chi connectivity index (χ0n) is 17.7. The molecule has 2 saturated heterocycles. The van der Waals surface area contributed by atoms with Crippen LogP contribution >= 0.6 is 0 Å². The van der Waals surface area contributed by atoms with E-state index in [0.717, 1.165) is 18.8 Å². The molecule has 1 unspecified atom stereocenters. The molecule has 152 valence electrons. The molecule has 1 atom stereocenters. The third-order valence-corrected chi connectivity index (χ3v) is 6.78. The number of piperidine rings is 1. The normalized spacial score (nSPS) is 23.6. The highest BCUT2D eigenvalue weighted by atomic mass is 15.2. The molecule has 0 amide bonds. The molecular weight excluding hydrogens is 344 g/mol. The van der Waals surface area contributed by atoms with Gasteiger partial charge in [-0.25, -0.2) is 4.98 Å². The maximum atomic E-state index is 4.80. The van der Waals surface area contributed by atoms with Gasteiger partial charge in [-0.05, 0) is 69.6 Å². The van der Waals surface area contributed by atoms with Gasteiger partial charge in [-0.2, -0.15) is 0 Å². The first-order valence-corrected chi connectivity index (χ1v) is 11.2. The number of hydrogen-bond donors (Lipinski definition) is 1. The second kappa shape index (κ2) is 8.79. The Labute approximate surface area is 170 Å². The predicted molar refractivity (Wildman–Crippen MR) is 115 cm³/mol. The third kappa shape index (κ3) is 4.66. The summed E-state index contributed by atoms with van der Waals surface area (Å²) in [5.41, 5.74) is 4.50. The van der Waals surface area contributed by atoms with E-state index >= 15 is 0 Å². The Morgan fingerprint density at radius 3 is 2.68 bits per heavy atom. The summed E-state index contributed by atoms with van der Waals surface area (Å²) >= 11 is 0. The minimum Gasteiger partial charge on any atom is -0.346 e. The van der Waals surface area contributed by atoms with Crippen molar-refractivity contribution in [3.8, 4) is 0 Å². The molecule has 2 fully saturated rings. The quantitative estimate of drug-likeness (QED) is 0.782. The fourth-order valence-corrected chi connectivity index (χ4v) is 5.24. The van der Waals surface area contributed by atoms with Crippen molar-refractivity contribution in [1.29, 1.82) is 0 Å². The molecular formula is C24H36N4. The van der Waals surface area contributed by atoms with Crippen LogP contribution in [0.5, 0.6) is 0 Å². The minimum atomic E-state index is 0.517. The lowest BCUT2D eigenvalue weighted by Gasteiger charge is -2.40. The maximum absolute atomic E-state index is 4.80. The summed E-state index contributed by atoms with van der Waals surface area (Å²) in [5.74, 6) is 1.13. The number of nitrogens with zero attached hydrogens (tertiary/aromatic N) is 3. The Morgan fingerprint density at radius 1 is 1.07 bits per heavy atom. The Bertz CT molecular complexity index is 753. The number of aromatic amines is 1. The van der Waals surface area contributed by atoms with Gasteiger partial charge in [0.25, 0.3) is 0 Å². The number of rotatable bonds is 7. The lowest BCUT2D eigenvalue weighted by atomic mass is 9.79. The van der Waals surface area contributed by atoms with Crippen molar-refractivity contribution >= 4 is 0 Å². The molecule has 1 N–H and O–H groups in total. The summed E-state index contributed by atoms with van der Waals surface area (Å²) in [7, 11) is 0. The Kier molecular flexibility index (Phi) is 6.17. The molecule has 3 heterocycles. The Hall–Kier alpha value is -1.65. The van der Waals surface area contributed by atoms with Gasteiger partial charge in [0.1, 0.15) is 5.82 Å². The molecule has 0 radical (unpaired) electrons. The van der Waals surface area contributed by atoms with Crippen molar-refractivity contribution in [2.45, 2.75) is 58.9 Å². The highest BCUT2D eigenvalue weighted by Crippen LogP contribution is 2.39. The van der Waals surface area contributed by atoms with Crippen LogP contribution in [-0.2, 0) is 19.4 Å². The number of benzene rings is 1. The molecule has 0 bridgehead atoms. The average Bonchev–Trinajstić information content (AvgIpc) is 3.26. The topological polar surface area (TPSA) is 35.2 Å². The van der Waals surface area contributed by atoms with Crippen LogP contribution in [0, 0.1) is 12.3 Å². The number of hydrogen-bond acceptors (Lipinski definition) is 3. The Balaban J connectivity index is 1.28. The molecule has 2 aliphatic heterocycles. The number of aryl methyl sites for hydroxylation is 3. The van der Waals surface area contributed by atoms with E-state index in [1.807, 2.05) is 0 Å². The zero-order chi connectivity index (χ0) is 19.4. The van der Waals surface area contributed by atoms with Crippen molar-refractivity contribution in [3.63, 3.8) is 0 Å². The monoisotopic (exact) mass is 380 g/mol. The lowest BCUT2D eigenvalue weighted by molar-refractivity contribution is 0.0909.